The highest BCUT2D eigenvalue weighted by Gasteiger charge is 2.50. The highest BCUT2D eigenvalue weighted by molar-refractivity contribution is 6.22. The zero-order valence-corrected chi connectivity index (χ0v) is 19.0. The second kappa shape index (κ2) is 8.70. The van der Waals surface area contributed by atoms with E-state index in [1.165, 1.54) is 18.2 Å². The van der Waals surface area contributed by atoms with Crippen LogP contribution in [0.4, 0.5) is 27.1 Å². The molecule has 0 spiro atoms. The fourth-order valence-electron chi connectivity index (χ4n) is 5.57. The summed E-state index contributed by atoms with van der Waals surface area (Å²) in [7, 11) is 0. The molecule has 0 radical (unpaired) electrons. The molecule has 9 heteroatoms. The van der Waals surface area contributed by atoms with Crippen molar-refractivity contribution in [2.24, 2.45) is 17.8 Å². The molecule has 3 fully saturated rings. The van der Waals surface area contributed by atoms with E-state index in [1.807, 2.05) is 4.90 Å². The van der Waals surface area contributed by atoms with Crippen molar-refractivity contribution >= 4 is 34.6 Å². The first-order valence-corrected chi connectivity index (χ1v) is 11.7. The van der Waals surface area contributed by atoms with Crippen molar-refractivity contribution in [1.82, 2.24) is 0 Å². The first kappa shape index (κ1) is 22.3. The van der Waals surface area contributed by atoms with Crippen LogP contribution in [0.1, 0.15) is 26.2 Å². The standard InChI is InChI=1S/C25H27FN4O4/c1-16-2-8-20-21(14-16)25(32)29(24(20)31)19-7-9-22(23(15-19)30(33)34)28-12-10-27(11-13-28)18-5-3-17(26)4-6-18/h3-7,9,15-16,20-21H,2,8,10-14H2,1H3/t16-,20-,21-/m1/s1. The summed E-state index contributed by atoms with van der Waals surface area (Å²) in [5.74, 6) is -1.02. The number of imide groups is 1. The zero-order chi connectivity index (χ0) is 24.0. The van der Waals surface area contributed by atoms with Gasteiger partial charge in [0.1, 0.15) is 11.5 Å². The van der Waals surface area contributed by atoms with Crippen LogP contribution in [0.2, 0.25) is 0 Å². The molecule has 0 bridgehead atoms. The Kier molecular flexibility index (Phi) is 5.71. The van der Waals surface area contributed by atoms with Crippen molar-refractivity contribution in [2.75, 3.05) is 40.9 Å². The lowest BCUT2D eigenvalue weighted by molar-refractivity contribution is -0.384. The largest absolute Gasteiger partial charge is 0.368 e. The van der Waals surface area contributed by atoms with Crippen LogP contribution >= 0.6 is 0 Å². The van der Waals surface area contributed by atoms with Gasteiger partial charge < -0.3 is 9.80 Å². The topological polar surface area (TPSA) is 87.0 Å². The number of carbonyl (C=O) groups is 2. The van der Waals surface area contributed by atoms with E-state index in [-0.39, 0.29) is 40.8 Å². The van der Waals surface area contributed by atoms with Gasteiger partial charge in [0.15, 0.2) is 0 Å². The lowest BCUT2D eigenvalue weighted by Crippen LogP contribution is -2.46. The van der Waals surface area contributed by atoms with E-state index < -0.39 is 4.92 Å². The monoisotopic (exact) mass is 466 g/mol. The second-order valence-electron chi connectivity index (χ2n) is 9.52. The van der Waals surface area contributed by atoms with Crippen LogP contribution in [0.5, 0.6) is 0 Å². The molecule has 2 aromatic carbocycles. The number of hydrogen-bond donors (Lipinski definition) is 0. The van der Waals surface area contributed by atoms with Gasteiger partial charge in [-0.25, -0.2) is 9.29 Å². The molecule has 2 aromatic rings. The van der Waals surface area contributed by atoms with Crippen LogP contribution in [0.25, 0.3) is 0 Å². The van der Waals surface area contributed by atoms with Crippen LogP contribution in [0.15, 0.2) is 42.5 Å². The minimum atomic E-state index is -0.453. The van der Waals surface area contributed by atoms with Crippen molar-refractivity contribution in [3.8, 4) is 0 Å². The number of amides is 2. The summed E-state index contributed by atoms with van der Waals surface area (Å²) < 4.78 is 13.2. The van der Waals surface area contributed by atoms with Gasteiger partial charge in [-0.05, 0) is 61.6 Å². The molecule has 178 valence electrons. The first-order valence-electron chi connectivity index (χ1n) is 11.7. The van der Waals surface area contributed by atoms with Crippen LogP contribution in [-0.4, -0.2) is 42.9 Å². The molecule has 8 nitrogen and oxygen atoms in total. The summed E-state index contributed by atoms with van der Waals surface area (Å²) in [6.07, 6.45) is 2.28. The van der Waals surface area contributed by atoms with Crippen molar-refractivity contribution in [3.63, 3.8) is 0 Å². The molecule has 34 heavy (non-hydrogen) atoms. The van der Waals surface area contributed by atoms with Gasteiger partial charge in [0.25, 0.3) is 5.69 Å². The first-order chi connectivity index (χ1) is 16.3. The quantitative estimate of drug-likeness (QED) is 0.385. The van der Waals surface area contributed by atoms with Crippen LogP contribution in [0.3, 0.4) is 0 Å². The lowest BCUT2D eigenvalue weighted by atomic mass is 9.76. The Hall–Kier alpha value is -3.49. The molecule has 1 saturated carbocycles. The maximum atomic E-state index is 13.2. The van der Waals surface area contributed by atoms with E-state index in [2.05, 4.69) is 11.8 Å². The molecule has 2 aliphatic heterocycles. The number of nitrogens with zero attached hydrogens (tertiary/aromatic N) is 4. The van der Waals surface area contributed by atoms with Crippen molar-refractivity contribution < 1.29 is 18.9 Å². The third-order valence-corrected chi connectivity index (χ3v) is 7.41. The van der Waals surface area contributed by atoms with Gasteiger partial charge in [-0.15, -0.1) is 0 Å². The van der Waals surface area contributed by atoms with Gasteiger partial charge in [-0.1, -0.05) is 6.92 Å². The molecule has 2 heterocycles. The molecular weight excluding hydrogens is 439 g/mol. The molecule has 2 amide bonds. The van der Waals surface area contributed by atoms with Gasteiger partial charge in [0.2, 0.25) is 11.8 Å². The summed E-state index contributed by atoms with van der Waals surface area (Å²) >= 11 is 0. The number of piperazine rings is 1. The molecule has 0 unspecified atom stereocenters. The van der Waals surface area contributed by atoms with E-state index in [4.69, 9.17) is 0 Å². The molecule has 3 atom stereocenters. The Morgan fingerprint density at radius 3 is 2.18 bits per heavy atom. The number of nitro groups is 1. The van der Waals surface area contributed by atoms with Gasteiger partial charge in [0, 0.05) is 37.9 Å². The highest BCUT2D eigenvalue weighted by Crippen LogP contribution is 2.43. The van der Waals surface area contributed by atoms with Crippen LogP contribution in [0, 0.1) is 33.7 Å². The van der Waals surface area contributed by atoms with Crippen LogP contribution in [-0.2, 0) is 9.59 Å². The maximum absolute atomic E-state index is 13.2. The second-order valence-corrected chi connectivity index (χ2v) is 9.52. The fourth-order valence-corrected chi connectivity index (χ4v) is 5.57. The number of halogens is 1. The summed E-state index contributed by atoms with van der Waals surface area (Å²) in [6, 6.07) is 10.9. The van der Waals surface area contributed by atoms with E-state index in [1.54, 1.807) is 24.3 Å². The summed E-state index contributed by atoms with van der Waals surface area (Å²) in [4.78, 5) is 42.8. The highest BCUT2D eigenvalue weighted by atomic mass is 19.1. The summed E-state index contributed by atoms with van der Waals surface area (Å²) in [6.45, 7) is 4.47. The van der Waals surface area contributed by atoms with Gasteiger partial charge in [-0.2, -0.15) is 0 Å². The molecule has 2 saturated heterocycles. The molecule has 0 aromatic heterocycles. The third-order valence-electron chi connectivity index (χ3n) is 7.41. The average molecular weight is 467 g/mol. The number of fused-ring (bicyclic) bond motifs is 1. The Balaban J connectivity index is 1.36. The van der Waals surface area contributed by atoms with Gasteiger partial charge in [-0.3, -0.25) is 19.7 Å². The molecular formula is C25H27FN4O4. The molecule has 5 rings (SSSR count). The number of benzene rings is 2. The number of carbonyl (C=O) groups excluding carboxylic acids is 2. The lowest BCUT2D eigenvalue weighted by Gasteiger charge is -2.37. The molecule has 1 aliphatic carbocycles. The number of hydrogen-bond acceptors (Lipinski definition) is 6. The van der Waals surface area contributed by atoms with E-state index in [9.17, 15) is 24.1 Å². The van der Waals surface area contributed by atoms with Gasteiger partial charge >= 0.3 is 0 Å². The molecule has 3 aliphatic rings. The third kappa shape index (κ3) is 3.89. The minimum absolute atomic E-state index is 0.114. The predicted octanol–water partition coefficient (Wildman–Crippen LogP) is 3.99. The number of nitro benzene ring substituents is 1. The van der Waals surface area contributed by atoms with Gasteiger partial charge in [0.05, 0.1) is 22.4 Å². The number of anilines is 3. The number of rotatable bonds is 4. The zero-order valence-electron chi connectivity index (χ0n) is 19.0. The smallest absolute Gasteiger partial charge is 0.294 e. The SMILES string of the molecule is C[C@@H]1CC[C@H]2C(=O)N(c3ccc(N4CCN(c5ccc(F)cc5)CC4)c([N+](=O)[O-])c3)C(=O)[C@@H]2C1. The summed E-state index contributed by atoms with van der Waals surface area (Å²) in [5.41, 5.74) is 1.54. The van der Waals surface area contributed by atoms with E-state index >= 15 is 0 Å². The summed E-state index contributed by atoms with van der Waals surface area (Å²) in [5, 5.41) is 12.0. The average Bonchev–Trinajstić information content (AvgIpc) is 3.08. The Bertz CT molecular complexity index is 1130. The molecule has 0 N–H and O–H groups in total. The Labute approximate surface area is 197 Å². The van der Waals surface area contributed by atoms with Crippen LogP contribution < -0.4 is 14.7 Å². The van der Waals surface area contributed by atoms with Crippen molar-refractivity contribution in [2.45, 2.75) is 26.2 Å². The van der Waals surface area contributed by atoms with E-state index in [0.29, 0.717) is 50.6 Å². The Morgan fingerprint density at radius 2 is 1.50 bits per heavy atom. The normalized spacial score (nSPS) is 25.0. The maximum Gasteiger partial charge on any atom is 0.294 e. The van der Waals surface area contributed by atoms with E-state index in [0.717, 1.165) is 17.0 Å². The Morgan fingerprint density at radius 1 is 0.882 bits per heavy atom. The van der Waals surface area contributed by atoms with Crippen molar-refractivity contribution in [1.29, 1.82) is 0 Å². The fraction of sp³-hybridized carbons (Fsp3) is 0.440. The minimum Gasteiger partial charge on any atom is -0.368 e. The van der Waals surface area contributed by atoms with Crippen molar-refractivity contribution in [3.05, 3.63) is 58.4 Å². The predicted molar refractivity (Wildman–Crippen MR) is 126 cm³/mol.